The molecule has 1 atom stereocenters. The van der Waals surface area contributed by atoms with Crippen molar-refractivity contribution in [1.29, 1.82) is 0 Å². The van der Waals surface area contributed by atoms with Crippen LogP contribution in [0.15, 0.2) is 0 Å². The Hall–Kier alpha value is -1.89. The number of carboxylic acid groups (broad SMARTS) is 1. The minimum absolute atomic E-state index is 0.177. The van der Waals surface area contributed by atoms with Crippen LogP contribution >= 0.6 is 11.3 Å². The number of aryl methyl sites for hydroxylation is 1. The number of fused-ring (bicyclic) bond motifs is 1. The van der Waals surface area contributed by atoms with E-state index in [1.165, 1.54) is 11.3 Å². The Balaban J connectivity index is 2.25. The molecule has 1 heterocycles. The molecule has 0 radical (unpaired) electrons. The SMILES string of the molecule is CCOC(=O)c1c(NC(=O)CCC(=O)[O-])sc2c1C[C@H](C)CC2. The van der Waals surface area contributed by atoms with Crippen molar-refractivity contribution < 1.29 is 24.2 Å². The number of anilines is 1. The predicted octanol–water partition coefficient (Wildman–Crippen LogP) is 1.52. The van der Waals surface area contributed by atoms with Crippen LogP contribution in [0.2, 0.25) is 0 Å². The van der Waals surface area contributed by atoms with Crippen molar-refractivity contribution in [2.24, 2.45) is 5.92 Å². The van der Waals surface area contributed by atoms with Crippen molar-refractivity contribution in [1.82, 2.24) is 0 Å². The maximum absolute atomic E-state index is 12.3. The smallest absolute Gasteiger partial charge is 0.341 e. The highest BCUT2D eigenvalue weighted by Gasteiger charge is 2.29. The quantitative estimate of drug-likeness (QED) is 0.793. The number of hydrogen-bond acceptors (Lipinski definition) is 6. The van der Waals surface area contributed by atoms with Crippen molar-refractivity contribution in [2.45, 2.75) is 46.0 Å². The van der Waals surface area contributed by atoms with Crippen LogP contribution in [-0.4, -0.2) is 24.5 Å². The summed E-state index contributed by atoms with van der Waals surface area (Å²) in [5.74, 6) is -1.67. The number of hydrogen-bond donors (Lipinski definition) is 1. The molecule has 0 saturated carbocycles. The van der Waals surface area contributed by atoms with Gasteiger partial charge < -0.3 is 20.0 Å². The fraction of sp³-hybridized carbons (Fsp3) is 0.562. The highest BCUT2D eigenvalue weighted by atomic mass is 32.1. The van der Waals surface area contributed by atoms with Crippen LogP contribution in [0.1, 0.15) is 53.9 Å². The second-order valence-corrected chi connectivity index (χ2v) is 6.80. The molecule has 0 saturated heterocycles. The zero-order valence-electron chi connectivity index (χ0n) is 13.3. The third-order valence-corrected chi connectivity index (χ3v) is 5.00. The van der Waals surface area contributed by atoms with Crippen LogP contribution in [0, 0.1) is 5.92 Å². The van der Waals surface area contributed by atoms with Gasteiger partial charge in [-0.05, 0) is 44.1 Å². The van der Waals surface area contributed by atoms with Crippen LogP contribution in [0.3, 0.4) is 0 Å². The molecule has 1 amide bonds. The number of ether oxygens (including phenoxy) is 1. The molecule has 23 heavy (non-hydrogen) atoms. The average molecular weight is 338 g/mol. The first-order valence-corrected chi connectivity index (χ1v) is 8.55. The number of thiophene rings is 1. The summed E-state index contributed by atoms with van der Waals surface area (Å²) in [4.78, 5) is 35.7. The monoisotopic (exact) mass is 338 g/mol. The molecule has 0 spiro atoms. The van der Waals surface area contributed by atoms with E-state index in [0.29, 0.717) is 16.5 Å². The van der Waals surface area contributed by atoms with E-state index in [-0.39, 0.29) is 19.4 Å². The number of amides is 1. The van der Waals surface area contributed by atoms with E-state index in [2.05, 4.69) is 12.2 Å². The van der Waals surface area contributed by atoms with Crippen molar-refractivity contribution in [3.63, 3.8) is 0 Å². The molecular weight excluding hydrogens is 318 g/mol. The van der Waals surface area contributed by atoms with Gasteiger partial charge in [-0.2, -0.15) is 0 Å². The predicted molar refractivity (Wildman–Crippen MR) is 84.3 cm³/mol. The van der Waals surface area contributed by atoms with Crippen molar-refractivity contribution in [3.8, 4) is 0 Å². The Morgan fingerprint density at radius 1 is 1.35 bits per heavy atom. The van der Waals surface area contributed by atoms with Crippen LogP contribution in [-0.2, 0) is 27.2 Å². The van der Waals surface area contributed by atoms with E-state index in [4.69, 9.17) is 4.74 Å². The van der Waals surface area contributed by atoms with Crippen molar-refractivity contribution >= 4 is 34.2 Å². The fourth-order valence-corrected chi connectivity index (χ4v) is 3.92. The first-order valence-electron chi connectivity index (χ1n) is 7.73. The molecular formula is C16H20NO5S-. The van der Waals surface area contributed by atoms with E-state index in [0.717, 1.165) is 29.7 Å². The van der Waals surface area contributed by atoms with E-state index >= 15 is 0 Å². The van der Waals surface area contributed by atoms with Gasteiger partial charge in [-0.3, -0.25) is 4.79 Å². The molecule has 7 heteroatoms. The summed E-state index contributed by atoms with van der Waals surface area (Å²) in [6.45, 7) is 4.13. The second-order valence-electron chi connectivity index (χ2n) is 5.70. The summed E-state index contributed by atoms with van der Waals surface area (Å²) in [6, 6.07) is 0. The molecule has 1 aromatic heterocycles. The summed E-state index contributed by atoms with van der Waals surface area (Å²) in [7, 11) is 0. The van der Waals surface area contributed by atoms with Gasteiger partial charge in [-0.1, -0.05) is 6.92 Å². The lowest BCUT2D eigenvalue weighted by Crippen LogP contribution is -2.24. The van der Waals surface area contributed by atoms with Gasteiger partial charge in [0.25, 0.3) is 0 Å². The molecule has 1 N–H and O–H groups in total. The van der Waals surface area contributed by atoms with Crippen LogP contribution < -0.4 is 10.4 Å². The highest BCUT2D eigenvalue weighted by Crippen LogP contribution is 2.40. The number of aliphatic carboxylic acids is 1. The lowest BCUT2D eigenvalue weighted by atomic mass is 9.88. The molecule has 2 rings (SSSR count). The largest absolute Gasteiger partial charge is 0.550 e. The molecule has 1 aliphatic rings. The Morgan fingerprint density at radius 2 is 2.09 bits per heavy atom. The van der Waals surface area contributed by atoms with Crippen molar-refractivity contribution in [2.75, 3.05) is 11.9 Å². The molecule has 1 aliphatic carbocycles. The Kier molecular flexibility index (Phi) is 5.76. The summed E-state index contributed by atoms with van der Waals surface area (Å²) in [5, 5.41) is 13.6. The third-order valence-electron chi connectivity index (χ3n) is 3.80. The topological polar surface area (TPSA) is 95.5 Å². The first-order chi connectivity index (χ1) is 10.9. The normalized spacial score (nSPS) is 16.5. The Bertz CT molecular complexity index is 622. The third kappa shape index (κ3) is 4.31. The molecule has 126 valence electrons. The fourth-order valence-electron chi connectivity index (χ4n) is 2.67. The molecule has 1 aromatic rings. The van der Waals surface area contributed by atoms with E-state index in [1.807, 2.05) is 0 Å². The van der Waals surface area contributed by atoms with Crippen LogP contribution in [0.4, 0.5) is 5.00 Å². The zero-order chi connectivity index (χ0) is 17.0. The summed E-state index contributed by atoms with van der Waals surface area (Å²) in [6.07, 6.45) is 2.19. The lowest BCUT2D eigenvalue weighted by molar-refractivity contribution is -0.305. The van der Waals surface area contributed by atoms with Gasteiger partial charge in [-0.25, -0.2) is 4.79 Å². The molecule has 0 fully saturated rings. The molecule has 0 aromatic carbocycles. The Morgan fingerprint density at radius 3 is 2.74 bits per heavy atom. The number of nitrogens with one attached hydrogen (secondary N) is 1. The summed E-state index contributed by atoms with van der Waals surface area (Å²) >= 11 is 1.38. The van der Waals surface area contributed by atoms with Gasteiger partial charge in [0.15, 0.2) is 0 Å². The van der Waals surface area contributed by atoms with Gasteiger partial charge in [0.2, 0.25) is 5.91 Å². The van der Waals surface area contributed by atoms with Gasteiger partial charge in [0.05, 0.1) is 12.2 Å². The van der Waals surface area contributed by atoms with Gasteiger partial charge in [-0.15, -0.1) is 11.3 Å². The second kappa shape index (κ2) is 7.59. The minimum atomic E-state index is -1.27. The van der Waals surface area contributed by atoms with Crippen LogP contribution in [0.5, 0.6) is 0 Å². The van der Waals surface area contributed by atoms with Crippen LogP contribution in [0.25, 0.3) is 0 Å². The van der Waals surface area contributed by atoms with E-state index in [9.17, 15) is 19.5 Å². The number of carbonyl (C=O) groups is 3. The number of carboxylic acids is 1. The molecule has 0 bridgehead atoms. The Labute approximate surface area is 138 Å². The number of esters is 1. The maximum atomic E-state index is 12.3. The minimum Gasteiger partial charge on any atom is -0.550 e. The first kappa shape index (κ1) is 17.5. The molecule has 6 nitrogen and oxygen atoms in total. The van der Waals surface area contributed by atoms with Gasteiger partial charge in [0, 0.05) is 17.3 Å². The lowest BCUT2D eigenvalue weighted by Gasteiger charge is -2.18. The molecule has 0 unspecified atom stereocenters. The summed E-state index contributed by atoms with van der Waals surface area (Å²) in [5.41, 5.74) is 1.39. The van der Waals surface area contributed by atoms with Gasteiger partial charge >= 0.3 is 5.97 Å². The van der Waals surface area contributed by atoms with Gasteiger partial charge in [0.1, 0.15) is 5.00 Å². The standard InChI is InChI=1S/C16H21NO5S/c1-3-22-16(21)14-10-8-9(2)4-5-11(10)23-15(14)17-12(18)6-7-13(19)20/h9H,3-8H2,1-2H3,(H,17,18)(H,19,20)/p-1/t9-/m1/s1. The molecule has 0 aliphatic heterocycles. The highest BCUT2D eigenvalue weighted by molar-refractivity contribution is 7.17. The number of rotatable bonds is 6. The van der Waals surface area contributed by atoms with E-state index < -0.39 is 17.8 Å². The van der Waals surface area contributed by atoms with E-state index in [1.54, 1.807) is 6.92 Å². The summed E-state index contributed by atoms with van der Waals surface area (Å²) < 4.78 is 5.12. The number of carbonyl (C=O) groups excluding carboxylic acids is 3. The zero-order valence-corrected chi connectivity index (χ0v) is 14.1. The maximum Gasteiger partial charge on any atom is 0.341 e. The van der Waals surface area contributed by atoms with Crippen molar-refractivity contribution in [3.05, 3.63) is 16.0 Å². The average Bonchev–Trinajstić information content (AvgIpc) is 2.82.